The Morgan fingerprint density at radius 3 is 2.35 bits per heavy atom. The molecule has 6 nitrogen and oxygen atoms in total. The van der Waals surface area contributed by atoms with E-state index in [1.165, 1.54) is 17.0 Å². The molecule has 2 aromatic carbocycles. The van der Waals surface area contributed by atoms with Crippen LogP contribution in [0.2, 0.25) is 0 Å². The van der Waals surface area contributed by atoms with E-state index in [2.05, 4.69) is 15.6 Å². The van der Waals surface area contributed by atoms with Gasteiger partial charge in [-0.25, -0.2) is 0 Å². The molecule has 0 bridgehead atoms. The molecule has 0 atom stereocenters. The lowest BCUT2D eigenvalue weighted by Crippen LogP contribution is -2.38. The van der Waals surface area contributed by atoms with Crippen LogP contribution in [0.1, 0.15) is 21.5 Å². The summed E-state index contributed by atoms with van der Waals surface area (Å²) in [6, 6.07) is 12.0. The first kappa shape index (κ1) is 26.5. The molecule has 0 radical (unpaired) electrons. The van der Waals surface area contributed by atoms with Crippen molar-refractivity contribution in [2.24, 2.45) is 4.99 Å². The molecule has 0 fully saturated rings. The maximum atomic E-state index is 12.7. The minimum atomic E-state index is -4.40. The number of carbonyl (C=O) groups excluding carboxylic acids is 1. The van der Waals surface area contributed by atoms with Crippen molar-refractivity contribution in [3.8, 4) is 5.75 Å². The number of rotatable bonds is 7. The number of nitrogens with zero attached hydrogens (tertiary/aromatic N) is 2. The Morgan fingerprint density at radius 1 is 1.10 bits per heavy atom. The van der Waals surface area contributed by atoms with E-state index in [0.717, 1.165) is 17.7 Å². The summed E-state index contributed by atoms with van der Waals surface area (Å²) in [5, 5.41) is 6.15. The summed E-state index contributed by atoms with van der Waals surface area (Å²) in [5.41, 5.74) is 0.829. The highest BCUT2D eigenvalue weighted by Crippen LogP contribution is 2.31. The van der Waals surface area contributed by atoms with E-state index < -0.39 is 11.7 Å². The minimum absolute atomic E-state index is 0. The van der Waals surface area contributed by atoms with E-state index in [-0.39, 0.29) is 42.2 Å². The average molecular weight is 550 g/mol. The second-order valence-corrected chi connectivity index (χ2v) is 6.62. The molecule has 0 aliphatic heterocycles. The lowest BCUT2D eigenvalue weighted by molar-refractivity contribution is -0.137. The van der Waals surface area contributed by atoms with E-state index in [9.17, 15) is 18.0 Å². The van der Waals surface area contributed by atoms with Gasteiger partial charge in [-0.2, -0.15) is 13.2 Å². The normalized spacial score (nSPS) is 11.4. The predicted octanol–water partition coefficient (Wildman–Crippen LogP) is 3.77. The third kappa shape index (κ3) is 8.64. The van der Waals surface area contributed by atoms with Gasteiger partial charge in [0.05, 0.1) is 12.1 Å². The van der Waals surface area contributed by atoms with Crippen molar-refractivity contribution in [3.63, 3.8) is 0 Å². The van der Waals surface area contributed by atoms with Crippen LogP contribution in [0.15, 0.2) is 53.5 Å². The van der Waals surface area contributed by atoms with E-state index in [0.29, 0.717) is 24.6 Å². The molecule has 2 aromatic rings. The topological polar surface area (TPSA) is 66.0 Å². The fourth-order valence-corrected chi connectivity index (χ4v) is 2.53. The van der Waals surface area contributed by atoms with Gasteiger partial charge < -0.3 is 20.3 Å². The summed E-state index contributed by atoms with van der Waals surface area (Å²) in [6.45, 7) is 1.01. The van der Waals surface area contributed by atoms with Crippen molar-refractivity contribution >= 4 is 35.8 Å². The van der Waals surface area contributed by atoms with Gasteiger partial charge in [0.2, 0.25) is 0 Å². The molecule has 1 amide bonds. The SMILES string of the molecule is CN=C(NCCOc1cccc(C(F)(F)F)c1)NCc1ccc(C(=O)N(C)C)cc1.I. The van der Waals surface area contributed by atoms with Crippen LogP contribution in [0.25, 0.3) is 0 Å². The molecule has 2 N–H and O–H groups in total. The Hall–Kier alpha value is -2.50. The predicted molar refractivity (Wildman–Crippen MR) is 125 cm³/mol. The summed E-state index contributed by atoms with van der Waals surface area (Å²) >= 11 is 0. The van der Waals surface area contributed by atoms with Gasteiger partial charge in [-0.05, 0) is 35.9 Å². The van der Waals surface area contributed by atoms with E-state index >= 15 is 0 Å². The lowest BCUT2D eigenvalue weighted by atomic mass is 10.1. The maximum Gasteiger partial charge on any atom is 0.416 e. The monoisotopic (exact) mass is 550 g/mol. The molecule has 0 spiro atoms. The molecule has 0 saturated carbocycles. The third-order valence-electron chi connectivity index (χ3n) is 4.12. The summed E-state index contributed by atoms with van der Waals surface area (Å²) in [4.78, 5) is 17.5. The van der Waals surface area contributed by atoms with Crippen molar-refractivity contribution in [3.05, 3.63) is 65.2 Å². The van der Waals surface area contributed by atoms with Gasteiger partial charge in [0.1, 0.15) is 12.4 Å². The van der Waals surface area contributed by atoms with Crippen LogP contribution in [0.5, 0.6) is 5.75 Å². The van der Waals surface area contributed by atoms with Crippen LogP contribution in [0.4, 0.5) is 13.2 Å². The van der Waals surface area contributed by atoms with Crippen molar-refractivity contribution in [2.45, 2.75) is 12.7 Å². The van der Waals surface area contributed by atoms with Gasteiger partial charge in [0, 0.05) is 33.3 Å². The number of hydrogen-bond acceptors (Lipinski definition) is 3. The second-order valence-electron chi connectivity index (χ2n) is 6.62. The Labute approximate surface area is 196 Å². The lowest BCUT2D eigenvalue weighted by Gasteiger charge is -2.14. The van der Waals surface area contributed by atoms with Crippen LogP contribution in [0.3, 0.4) is 0 Å². The number of carbonyl (C=O) groups is 1. The maximum absolute atomic E-state index is 12.7. The van der Waals surface area contributed by atoms with E-state index in [1.54, 1.807) is 33.3 Å². The fraction of sp³-hybridized carbons (Fsp3) is 0.333. The standard InChI is InChI=1S/C21H25F3N4O2.HI/c1-25-20(27-14-15-7-9-16(10-8-15)19(29)28(2)3)26-11-12-30-18-6-4-5-17(13-18)21(22,23)24;/h4-10,13H,11-12,14H2,1-3H3,(H2,25,26,27);1H. The van der Waals surface area contributed by atoms with Gasteiger partial charge >= 0.3 is 6.18 Å². The summed E-state index contributed by atoms with van der Waals surface area (Å²) in [5.74, 6) is 0.616. The van der Waals surface area contributed by atoms with E-state index in [4.69, 9.17) is 4.74 Å². The van der Waals surface area contributed by atoms with Crippen molar-refractivity contribution in [1.82, 2.24) is 15.5 Å². The van der Waals surface area contributed by atoms with Crippen LogP contribution in [-0.4, -0.2) is 51.1 Å². The first-order chi connectivity index (χ1) is 14.2. The summed E-state index contributed by atoms with van der Waals surface area (Å²) < 4.78 is 43.5. The number of amides is 1. The zero-order valence-electron chi connectivity index (χ0n) is 17.5. The van der Waals surface area contributed by atoms with Gasteiger partial charge in [0.25, 0.3) is 5.91 Å². The van der Waals surface area contributed by atoms with Crippen LogP contribution in [-0.2, 0) is 12.7 Å². The smallest absolute Gasteiger partial charge is 0.416 e. The highest BCUT2D eigenvalue weighted by Gasteiger charge is 2.30. The van der Waals surface area contributed by atoms with Gasteiger partial charge in [0.15, 0.2) is 5.96 Å². The Kier molecular flexibility index (Phi) is 10.6. The molecular formula is C21H26F3IN4O2. The fourth-order valence-electron chi connectivity index (χ4n) is 2.53. The second kappa shape index (κ2) is 12.4. The number of benzene rings is 2. The minimum Gasteiger partial charge on any atom is -0.492 e. The van der Waals surface area contributed by atoms with E-state index in [1.807, 2.05) is 12.1 Å². The molecule has 0 saturated heterocycles. The Balaban J connectivity index is 0.00000480. The largest absolute Gasteiger partial charge is 0.492 e. The molecule has 0 aromatic heterocycles. The molecule has 10 heteroatoms. The molecule has 0 heterocycles. The number of guanidine groups is 1. The molecule has 31 heavy (non-hydrogen) atoms. The van der Waals surface area contributed by atoms with Crippen LogP contribution in [0, 0.1) is 0 Å². The molecule has 0 aliphatic rings. The first-order valence-electron chi connectivity index (χ1n) is 9.26. The molecule has 170 valence electrons. The highest BCUT2D eigenvalue weighted by atomic mass is 127. The zero-order valence-corrected chi connectivity index (χ0v) is 19.8. The number of halogens is 4. The van der Waals surface area contributed by atoms with Gasteiger partial charge in [-0.1, -0.05) is 18.2 Å². The van der Waals surface area contributed by atoms with Crippen molar-refractivity contribution in [2.75, 3.05) is 34.3 Å². The Bertz CT molecular complexity index is 872. The molecule has 2 rings (SSSR count). The Morgan fingerprint density at radius 2 is 1.77 bits per heavy atom. The number of alkyl halides is 3. The van der Waals surface area contributed by atoms with Crippen molar-refractivity contribution < 1.29 is 22.7 Å². The highest BCUT2D eigenvalue weighted by molar-refractivity contribution is 14.0. The molecular weight excluding hydrogens is 524 g/mol. The summed E-state index contributed by atoms with van der Waals surface area (Å²) in [6.07, 6.45) is -4.40. The zero-order chi connectivity index (χ0) is 22.1. The number of ether oxygens (including phenoxy) is 1. The third-order valence-corrected chi connectivity index (χ3v) is 4.12. The number of aliphatic imine (C=N–C) groups is 1. The van der Waals surface area contributed by atoms with Crippen molar-refractivity contribution in [1.29, 1.82) is 0 Å². The number of nitrogens with one attached hydrogen (secondary N) is 2. The van der Waals surface area contributed by atoms with Gasteiger partial charge in [-0.15, -0.1) is 24.0 Å². The molecule has 0 unspecified atom stereocenters. The summed E-state index contributed by atoms with van der Waals surface area (Å²) in [7, 11) is 5.01. The number of hydrogen-bond donors (Lipinski definition) is 2. The first-order valence-corrected chi connectivity index (χ1v) is 9.26. The van der Waals surface area contributed by atoms with Crippen LogP contribution >= 0.6 is 24.0 Å². The van der Waals surface area contributed by atoms with Crippen LogP contribution < -0.4 is 15.4 Å². The van der Waals surface area contributed by atoms with Gasteiger partial charge in [-0.3, -0.25) is 9.79 Å². The molecule has 0 aliphatic carbocycles. The average Bonchev–Trinajstić information content (AvgIpc) is 2.72. The quantitative estimate of drug-likeness (QED) is 0.239.